The molecule has 242 valence electrons. The number of hydrogen-bond donors (Lipinski definition) is 2. The number of morpholine rings is 1. The lowest BCUT2D eigenvalue weighted by Crippen LogP contribution is -2.53. The number of urea groups is 1. The summed E-state index contributed by atoms with van der Waals surface area (Å²) in [4.78, 5) is 54.7. The first kappa shape index (κ1) is 33.8. The maximum absolute atomic E-state index is 14.3. The number of nitrogens with zero attached hydrogens (tertiary/aromatic N) is 4. The molecule has 5 amide bonds. The Morgan fingerprint density at radius 1 is 1.09 bits per heavy atom. The van der Waals surface area contributed by atoms with E-state index in [1.807, 2.05) is 6.92 Å². The molecule has 0 aliphatic carbocycles. The molecule has 1 atom stereocenters. The van der Waals surface area contributed by atoms with Gasteiger partial charge in [-0.15, -0.1) is 0 Å². The van der Waals surface area contributed by atoms with Crippen LogP contribution in [0.15, 0.2) is 42.5 Å². The number of benzene rings is 2. The van der Waals surface area contributed by atoms with E-state index in [-0.39, 0.29) is 34.0 Å². The number of hydrogen-bond acceptors (Lipinski definition) is 6. The normalized spacial score (nSPS) is 20.2. The third-order valence-electron chi connectivity index (χ3n) is 7.67. The van der Waals surface area contributed by atoms with Gasteiger partial charge in [-0.2, -0.15) is 0 Å². The second kappa shape index (κ2) is 14.4. The molecule has 3 aliphatic rings. The van der Waals surface area contributed by atoms with Crippen molar-refractivity contribution in [3.8, 4) is 0 Å². The van der Waals surface area contributed by atoms with Gasteiger partial charge in [-0.05, 0) is 56.7 Å². The molecule has 0 spiro atoms. The molecule has 5 rings (SSSR count). The third kappa shape index (κ3) is 8.35. The molecule has 2 aromatic carbocycles. The summed E-state index contributed by atoms with van der Waals surface area (Å²) in [5.74, 6) is -1.80. The van der Waals surface area contributed by atoms with Gasteiger partial charge in [-0.3, -0.25) is 14.5 Å². The zero-order chi connectivity index (χ0) is 32.9. The first-order valence-corrected chi connectivity index (χ1v) is 14.8. The van der Waals surface area contributed by atoms with E-state index >= 15 is 0 Å². The second-order valence-electron chi connectivity index (χ2n) is 11.5. The smallest absolute Gasteiger partial charge is 0.407 e. The molecule has 0 saturated carbocycles. The van der Waals surface area contributed by atoms with Crippen molar-refractivity contribution in [2.75, 3.05) is 50.8 Å². The number of nitrogens with one attached hydrogen (secondary N) is 1. The Morgan fingerprint density at radius 2 is 1.76 bits per heavy atom. The highest BCUT2D eigenvalue weighted by atomic mass is 35.5. The minimum absolute atomic E-state index is 0.0930. The largest absolute Gasteiger partial charge is 0.465 e. The lowest BCUT2D eigenvalue weighted by Gasteiger charge is -2.39. The Kier molecular flexibility index (Phi) is 10.8. The van der Waals surface area contributed by atoms with Gasteiger partial charge < -0.3 is 25.0 Å². The SMILES string of the molecule is C[C@@H]1CN(Cc2ccc(F)cc2)CCN1C(=O)/C=C/c1cc(F)c(Cl)cc1N1C(=O)NC(C)(C)C1=O.O=C(O)N1CCOCC1. The van der Waals surface area contributed by atoms with Crippen LogP contribution in [0.3, 0.4) is 0 Å². The molecule has 0 radical (unpaired) electrons. The van der Waals surface area contributed by atoms with Gasteiger partial charge in [0.15, 0.2) is 0 Å². The van der Waals surface area contributed by atoms with E-state index in [9.17, 15) is 28.0 Å². The van der Waals surface area contributed by atoms with Gasteiger partial charge in [0.05, 0.1) is 23.9 Å². The standard InChI is InChI=1S/C26H27ClF2N4O3.C5H9NO3/c1-16-14-31(15-17-4-7-19(28)8-5-17)10-11-32(16)23(34)9-6-18-12-21(29)20(27)13-22(18)33-24(35)26(2,3)30-25(33)36;7-5(8)6-1-3-9-4-2-6/h4-9,12-13,16H,10-11,14-15H2,1-3H3,(H,30,36);1-4H2,(H,7,8)/b9-6+;/t16-;/m1./s1. The van der Waals surface area contributed by atoms with Gasteiger partial charge in [0.2, 0.25) is 5.91 Å². The van der Waals surface area contributed by atoms with Gasteiger partial charge >= 0.3 is 12.1 Å². The summed E-state index contributed by atoms with van der Waals surface area (Å²) in [6, 6.07) is 7.90. The quantitative estimate of drug-likeness (QED) is 0.369. The number of carbonyl (C=O) groups is 4. The molecular formula is C31H36ClF2N5O6. The van der Waals surface area contributed by atoms with Crippen LogP contribution in [0.1, 0.15) is 31.9 Å². The van der Waals surface area contributed by atoms with Crippen LogP contribution in [0.5, 0.6) is 0 Å². The van der Waals surface area contributed by atoms with Crippen molar-refractivity contribution in [1.29, 1.82) is 0 Å². The minimum atomic E-state index is -1.13. The van der Waals surface area contributed by atoms with Gasteiger partial charge in [0.25, 0.3) is 5.91 Å². The molecule has 0 aromatic heterocycles. The van der Waals surface area contributed by atoms with Crippen LogP contribution >= 0.6 is 11.6 Å². The fourth-order valence-corrected chi connectivity index (χ4v) is 5.37. The lowest BCUT2D eigenvalue weighted by atomic mass is 10.1. The number of carbonyl (C=O) groups excluding carboxylic acids is 3. The summed E-state index contributed by atoms with van der Waals surface area (Å²) in [5.41, 5.74) is 0.131. The highest BCUT2D eigenvalue weighted by Gasteiger charge is 2.45. The maximum Gasteiger partial charge on any atom is 0.407 e. The number of anilines is 1. The first-order chi connectivity index (χ1) is 21.3. The van der Waals surface area contributed by atoms with Crippen LogP contribution in [0, 0.1) is 11.6 Å². The highest BCUT2D eigenvalue weighted by Crippen LogP contribution is 2.33. The summed E-state index contributed by atoms with van der Waals surface area (Å²) in [6.07, 6.45) is 1.85. The molecular weight excluding hydrogens is 612 g/mol. The third-order valence-corrected chi connectivity index (χ3v) is 7.96. The number of halogens is 3. The van der Waals surface area contributed by atoms with Crippen LogP contribution in [0.2, 0.25) is 5.02 Å². The van der Waals surface area contributed by atoms with Crippen molar-refractivity contribution in [2.24, 2.45) is 0 Å². The Labute approximate surface area is 264 Å². The molecule has 3 heterocycles. The molecule has 3 saturated heterocycles. The number of carboxylic acid groups (broad SMARTS) is 1. The van der Waals surface area contributed by atoms with Crippen LogP contribution in [-0.4, -0.2) is 101 Å². The Morgan fingerprint density at radius 3 is 2.31 bits per heavy atom. The molecule has 2 aromatic rings. The van der Waals surface area contributed by atoms with Crippen molar-refractivity contribution in [1.82, 2.24) is 20.0 Å². The van der Waals surface area contributed by atoms with Crippen LogP contribution in [-0.2, 0) is 20.9 Å². The summed E-state index contributed by atoms with van der Waals surface area (Å²) < 4.78 is 32.4. The van der Waals surface area contributed by atoms with E-state index in [0.717, 1.165) is 16.5 Å². The number of rotatable bonds is 5. The average molecular weight is 648 g/mol. The van der Waals surface area contributed by atoms with Gasteiger partial charge in [0.1, 0.15) is 17.2 Å². The molecule has 14 heteroatoms. The summed E-state index contributed by atoms with van der Waals surface area (Å²) in [6.45, 7) is 9.55. The first-order valence-electron chi connectivity index (χ1n) is 14.4. The molecule has 11 nitrogen and oxygen atoms in total. The summed E-state index contributed by atoms with van der Waals surface area (Å²) in [7, 11) is 0. The second-order valence-corrected chi connectivity index (χ2v) is 11.9. The number of amides is 5. The molecule has 2 N–H and O–H groups in total. The van der Waals surface area contributed by atoms with Gasteiger partial charge in [-0.25, -0.2) is 23.3 Å². The van der Waals surface area contributed by atoms with Gasteiger partial charge in [-0.1, -0.05) is 23.7 Å². The van der Waals surface area contributed by atoms with E-state index in [0.29, 0.717) is 52.5 Å². The lowest BCUT2D eigenvalue weighted by molar-refractivity contribution is -0.130. The number of piperazine rings is 1. The maximum atomic E-state index is 14.3. The van der Waals surface area contributed by atoms with Crippen molar-refractivity contribution >= 4 is 47.3 Å². The number of imide groups is 1. The van der Waals surface area contributed by atoms with Crippen molar-refractivity contribution in [2.45, 2.75) is 38.9 Å². The summed E-state index contributed by atoms with van der Waals surface area (Å²) >= 11 is 5.95. The molecule has 3 aliphatic heterocycles. The van der Waals surface area contributed by atoms with E-state index in [1.54, 1.807) is 30.9 Å². The minimum Gasteiger partial charge on any atom is -0.465 e. The van der Waals surface area contributed by atoms with E-state index in [2.05, 4.69) is 10.2 Å². The zero-order valence-corrected chi connectivity index (χ0v) is 26.0. The predicted octanol–water partition coefficient (Wildman–Crippen LogP) is 4.20. The fourth-order valence-electron chi connectivity index (χ4n) is 5.21. The van der Waals surface area contributed by atoms with Gasteiger partial charge in [0, 0.05) is 56.9 Å². The highest BCUT2D eigenvalue weighted by molar-refractivity contribution is 6.32. The van der Waals surface area contributed by atoms with Crippen molar-refractivity contribution in [3.05, 3.63) is 70.3 Å². The Bertz CT molecular complexity index is 1470. The number of ether oxygens (including phenoxy) is 1. The van der Waals surface area contributed by atoms with E-state index in [4.69, 9.17) is 21.4 Å². The zero-order valence-electron chi connectivity index (χ0n) is 25.3. The molecule has 45 heavy (non-hydrogen) atoms. The van der Waals surface area contributed by atoms with Crippen LogP contribution in [0.25, 0.3) is 6.08 Å². The van der Waals surface area contributed by atoms with Crippen LogP contribution in [0.4, 0.5) is 24.1 Å². The Balaban J connectivity index is 0.000000440. The van der Waals surface area contributed by atoms with Crippen molar-refractivity contribution in [3.63, 3.8) is 0 Å². The topological polar surface area (TPSA) is 123 Å². The van der Waals surface area contributed by atoms with Crippen molar-refractivity contribution < 1.29 is 37.8 Å². The summed E-state index contributed by atoms with van der Waals surface area (Å²) in [5, 5.41) is 10.7. The average Bonchev–Trinajstić information content (AvgIpc) is 3.20. The van der Waals surface area contributed by atoms with Crippen LogP contribution < -0.4 is 10.2 Å². The Hall–Kier alpha value is -4.07. The molecule has 0 bridgehead atoms. The van der Waals surface area contributed by atoms with E-state index in [1.165, 1.54) is 35.3 Å². The predicted molar refractivity (Wildman–Crippen MR) is 164 cm³/mol. The molecule has 0 unspecified atom stereocenters. The fraction of sp³-hybridized carbons (Fsp3) is 0.419. The monoisotopic (exact) mass is 647 g/mol. The van der Waals surface area contributed by atoms with E-state index < -0.39 is 29.4 Å². The molecule has 3 fully saturated rings.